The third-order valence-electron chi connectivity index (χ3n) is 6.52. The Labute approximate surface area is 240 Å². The highest BCUT2D eigenvalue weighted by molar-refractivity contribution is 9.10. The molecule has 0 aromatic heterocycles. The second-order valence-corrected chi connectivity index (χ2v) is 12.1. The Kier molecular flexibility index (Phi) is 11.1. The van der Waals surface area contributed by atoms with E-state index in [4.69, 9.17) is 0 Å². The molecule has 0 heterocycles. The summed E-state index contributed by atoms with van der Waals surface area (Å²) in [4.78, 5) is 28.9. The number of hydrogen-bond donors (Lipinski definition) is 1. The minimum atomic E-state index is -4.09. The van der Waals surface area contributed by atoms with Crippen LogP contribution >= 0.6 is 15.9 Å². The minimum absolute atomic E-state index is 0.0765. The number of unbranched alkanes of at least 4 members (excludes halogenated alkanes) is 1. The lowest BCUT2D eigenvalue weighted by Crippen LogP contribution is -2.52. The Morgan fingerprint density at radius 2 is 1.64 bits per heavy atom. The molecule has 0 radical (unpaired) electrons. The molecule has 1 atom stereocenters. The summed E-state index contributed by atoms with van der Waals surface area (Å²) in [5.74, 6) is -0.706. The Bertz CT molecular complexity index is 1370. The number of nitrogens with one attached hydrogen (secondary N) is 1. The van der Waals surface area contributed by atoms with Gasteiger partial charge in [0.1, 0.15) is 12.6 Å². The number of rotatable bonds is 13. The molecule has 39 heavy (non-hydrogen) atoms. The molecule has 3 aromatic carbocycles. The lowest BCUT2D eigenvalue weighted by molar-refractivity contribution is -0.140. The van der Waals surface area contributed by atoms with Crippen LogP contribution in [0, 0.1) is 6.92 Å². The van der Waals surface area contributed by atoms with Crippen LogP contribution < -0.4 is 9.62 Å². The fourth-order valence-corrected chi connectivity index (χ4v) is 6.09. The van der Waals surface area contributed by atoms with Gasteiger partial charge in [-0.05, 0) is 61.2 Å². The van der Waals surface area contributed by atoms with Gasteiger partial charge in [-0.15, -0.1) is 0 Å². The Morgan fingerprint density at radius 1 is 0.949 bits per heavy atom. The smallest absolute Gasteiger partial charge is 0.264 e. The predicted octanol–water partition coefficient (Wildman–Crippen LogP) is 5.68. The van der Waals surface area contributed by atoms with Crippen molar-refractivity contribution in [1.82, 2.24) is 10.2 Å². The Balaban J connectivity index is 2.03. The zero-order valence-corrected chi connectivity index (χ0v) is 25.0. The molecule has 0 saturated carbocycles. The highest BCUT2D eigenvalue weighted by Gasteiger charge is 2.33. The maximum atomic E-state index is 14.1. The van der Waals surface area contributed by atoms with Crippen LogP contribution in [-0.4, -0.2) is 44.3 Å². The number of benzene rings is 3. The molecule has 0 fully saturated rings. The molecule has 0 spiro atoms. The zero-order valence-electron chi connectivity index (χ0n) is 22.6. The van der Waals surface area contributed by atoms with Gasteiger partial charge in [-0.2, -0.15) is 0 Å². The molecule has 2 amide bonds. The molecular weight excluding hydrogens is 578 g/mol. The van der Waals surface area contributed by atoms with Crippen molar-refractivity contribution >= 4 is 43.5 Å². The van der Waals surface area contributed by atoms with Gasteiger partial charge in [0, 0.05) is 17.6 Å². The molecule has 208 valence electrons. The van der Waals surface area contributed by atoms with Gasteiger partial charge in [0.2, 0.25) is 11.8 Å². The molecule has 0 bridgehead atoms. The lowest BCUT2D eigenvalue weighted by atomic mass is 10.1. The summed E-state index contributed by atoms with van der Waals surface area (Å²) < 4.78 is 29.4. The standard InChI is InChI=1S/C30H36BrN3O4S/c1-4-6-19-32-30(36)28(5-2)33(21-24-14-11-10-13-23(24)3)29(35)22-34(26-16-12-15-25(31)20-26)39(37,38)27-17-8-7-9-18-27/h7-18,20,28H,4-6,19,21-22H2,1-3H3,(H,32,36)/t28-/m0/s1. The van der Waals surface area contributed by atoms with Crippen molar-refractivity contribution in [1.29, 1.82) is 0 Å². The third-order valence-corrected chi connectivity index (χ3v) is 8.81. The number of sulfonamides is 1. The van der Waals surface area contributed by atoms with Gasteiger partial charge >= 0.3 is 0 Å². The van der Waals surface area contributed by atoms with E-state index >= 15 is 0 Å². The zero-order chi connectivity index (χ0) is 28.4. The molecule has 0 aliphatic carbocycles. The van der Waals surface area contributed by atoms with Gasteiger partial charge in [0.15, 0.2) is 0 Å². The first kappa shape index (κ1) is 30.4. The van der Waals surface area contributed by atoms with Gasteiger partial charge in [-0.1, -0.05) is 84.7 Å². The van der Waals surface area contributed by atoms with E-state index < -0.39 is 28.5 Å². The predicted molar refractivity (Wildman–Crippen MR) is 159 cm³/mol. The second-order valence-electron chi connectivity index (χ2n) is 9.32. The van der Waals surface area contributed by atoms with Crippen LogP contribution in [0.2, 0.25) is 0 Å². The van der Waals surface area contributed by atoms with Crippen molar-refractivity contribution in [2.45, 2.75) is 57.5 Å². The fourth-order valence-electron chi connectivity index (χ4n) is 4.28. The monoisotopic (exact) mass is 613 g/mol. The highest BCUT2D eigenvalue weighted by atomic mass is 79.9. The van der Waals surface area contributed by atoms with Gasteiger partial charge in [0.05, 0.1) is 10.6 Å². The van der Waals surface area contributed by atoms with Crippen LogP contribution in [-0.2, 0) is 26.2 Å². The summed E-state index contributed by atoms with van der Waals surface area (Å²) in [5.41, 5.74) is 2.22. The number of halogens is 1. The summed E-state index contributed by atoms with van der Waals surface area (Å²) >= 11 is 3.41. The van der Waals surface area contributed by atoms with E-state index in [2.05, 4.69) is 21.2 Å². The van der Waals surface area contributed by atoms with E-state index in [1.807, 2.05) is 45.0 Å². The van der Waals surface area contributed by atoms with Crippen LogP contribution in [0.5, 0.6) is 0 Å². The number of anilines is 1. The van der Waals surface area contributed by atoms with E-state index in [1.54, 1.807) is 42.5 Å². The largest absolute Gasteiger partial charge is 0.354 e. The van der Waals surface area contributed by atoms with E-state index in [0.29, 0.717) is 23.1 Å². The van der Waals surface area contributed by atoms with Crippen molar-refractivity contribution < 1.29 is 18.0 Å². The minimum Gasteiger partial charge on any atom is -0.354 e. The Morgan fingerprint density at radius 3 is 2.28 bits per heavy atom. The number of amides is 2. The molecule has 0 aliphatic heterocycles. The van der Waals surface area contributed by atoms with Crippen molar-refractivity contribution in [3.05, 3.63) is 94.5 Å². The molecule has 1 N–H and O–H groups in total. The number of carbonyl (C=O) groups excluding carboxylic acids is 2. The van der Waals surface area contributed by atoms with Gasteiger partial charge in [-0.25, -0.2) is 8.42 Å². The average molecular weight is 615 g/mol. The summed E-state index contributed by atoms with van der Waals surface area (Å²) in [5, 5.41) is 2.95. The van der Waals surface area contributed by atoms with E-state index in [9.17, 15) is 18.0 Å². The maximum Gasteiger partial charge on any atom is 0.264 e. The molecule has 0 aliphatic rings. The summed E-state index contributed by atoms with van der Waals surface area (Å²) in [7, 11) is -4.09. The van der Waals surface area contributed by atoms with E-state index in [1.165, 1.54) is 17.0 Å². The number of carbonyl (C=O) groups is 2. The number of nitrogens with zero attached hydrogens (tertiary/aromatic N) is 2. The van der Waals surface area contributed by atoms with Crippen molar-refractivity contribution in [3.8, 4) is 0 Å². The molecule has 0 unspecified atom stereocenters. The lowest BCUT2D eigenvalue weighted by Gasteiger charge is -2.33. The normalized spacial score (nSPS) is 12.0. The van der Waals surface area contributed by atoms with Gasteiger partial charge < -0.3 is 10.2 Å². The van der Waals surface area contributed by atoms with Crippen molar-refractivity contribution in [3.63, 3.8) is 0 Å². The van der Waals surface area contributed by atoms with Crippen LogP contribution in [0.4, 0.5) is 5.69 Å². The molecule has 0 saturated heterocycles. The third kappa shape index (κ3) is 7.92. The van der Waals surface area contributed by atoms with Crippen molar-refractivity contribution in [2.24, 2.45) is 0 Å². The van der Waals surface area contributed by atoms with Crippen LogP contribution in [0.1, 0.15) is 44.2 Å². The fraction of sp³-hybridized carbons (Fsp3) is 0.333. The number of hydrogen-bond acceptors (Lipinski definition) is 4. The molecule has 9 heteroatoms. The average Bonchev–Trinajstić information content (AvgIpc) is 2.93. The molecule has 7 nitrogen and oxygen atoms in total. The van der Waals surface area contributed by atoms with Crippen LogP contribution in [0.25, 0.3) is 0 Å². The molecule has 3 rings (SSSR count). The molecule has 3 aromatic rings. The first-order valence-electron chi connectivity index (χ1n) is 13.1. The Hall–Kier alpha value is -3.17. The van der Waals surface area contributed by atoms with Gasteiger partial charge in [0.25, 0.3) is 10.0 Å². The summed E-state index contributed by atoms with van der Waals surface area (Å²) in [6, 6.07) is 21.8. The highest BCUT2D eigenvalue weighted by Crippen LogP contribution is 2.27. The van der Waals surface area contributed by atoms with E-state index in [0.717, 1.165) is 28.3 Å². The van der Waals surface area contributed by atoms with Crippen LogP contribution in [0.15, 0.2) is 88.2 Å². The maximum absolute atomic E-state index is 14.1. The second kappa shape index (κ2) is 14.3. The number of aryl methyl sites for hydroxylation is 1. The molecular formula is C30H36BrN3O4S. The summed E-state index contributed by atoms with van der Waals surface area (Å²) in [6.07, 6.45) is 2.15. The summed E-state index contributed by atoms with van der Waals surface area (Å²) in [6.45, 7) is 6.09. The van der Waals surface area contributed by atoms with Crippen LogP contribution in [0.3, 0.4) is 0 Å². The topological polar surface area (TPSA) is 86.8 Å². The van der Waals surface area contributed by atoms with E-state index in [-0.39, 0.29) is 17.3 Å². The first-order chi connectivity index (χ1) is 18.7. The van der Waals surface area contributed by atoms with Gasteiger partial charge in [-0.3, -0.25) is 13.9 Å². The van der Waals surface area contributed by atoms with Crippen molar-refractivity contribution in [2.75, 3.05) is 17.4 Å². The first-order valence-corrected chi connectivity index (χ1v) is 15.4. The SMILES string of the molecule is CCCCNC(=O)[C@H](CC)N(Cc1ccccc1C)C(=O)CN(c1cccc(Br)c1)S(=O)(=O)c1ccccc1. The quantitative estimate of drug-likeness (QED) is 0.251.